The van der Waals surface area contributed by atoms with Crippen molar-refractivity contribution in [1.29, 1.82) is 0 Å². The number of anilines is 1. The smallest absolute Gasteiger partial charge is 0.303 e. The van der Waals surface area contributed by atoms with E-state index in [4.69, 9.17) is 21.4 Å². The van der Waals surface area contributed by atoms with Crippen LogP contribution in [-0.4, -0.2) is 17.6 Å². The molecule has 0 aliphatic carbocycles. The third kappa shape index (κ3) is 6.20. The summed E-state index contributed by atoms with van der Waals surface area (Å²) in [7, 11) is 0. The van der Waals surface area contributed by atoms with Crippen LogP contribution in [0.4, 0.5) is 5.69 Å². The van der Waals surface area contributed by atoms with Crippen molar-refractivity contribution in [3.8, 4) is 5.75 Å². The van der Waals surface area contributed by atoms with Crippen molar-refractivity contribution < 1.29 is 14.6 Å². The van der Waals surface area contributed by atoms with Crippen molar-refractivity contribution in [3.05, 3.63) is 55.4 Å². The fourth-order valence-electron chi connectivity index (χ4n) is 2.34. The number of benzene rings is 2. The van der Waals surface area contributed by atoms with Gasteiger partial charge < -0.3 is 15.2 Å². The molecule has 0 unspecified atom stereocenters. The van der Waals surface area contributed by atoms with Gasteiger partial charge in [0.25, 0.3) is 0 Å². The zero-order chi connectivity index (χ0) is 18.4. The number of ether oxygens (including phenoxy) is 1. The fraction of sp³-hybridized carbons (Fsp3) is 0.278. The van der Waals surface area contributed by atoms with Crippen molar-refractivity contribution >= 4 is 55.1 Å². The highest BCUT2D eigenvalue weighted by Crippen LogP contribution is 2.36. The van der Waals surface area contributed by atoms with Gasteiger partial charge in [0.05, 0.1) is 8.95 Å². The molecule has 4 nitrogen and oxygen atoms in total. The van der Waals surface area contributed by atoms with Gasteiger partial charge in [0.2, 0.25) is 0 Å². The summed E-state index contributed by atoms with van der Waals surface area (Å²) in [5.41, 5.74) is 2.83. The van der Waals surface area contributed by atoms with Crippen LogP contribution in [0.15, 0.2) is 39.3 Å². The number of aliphatic carboxylic acids is 1. The van der Waals surface area contributed by atoms with E-state index in [2.05, 4.69) is 37.2 Å². The summed E-state index contributed by atoms with van der Waals surface area (Å²) in [5.74, 6) is -0.144. The maximum atomic E-state index is 10.7. The van der Waals surface area contributed by atoms with E-state index in [1.165, 1.54) is 0 Å². The van der Waals surface area contributed by atoms with E-state index in [9.17, 15) is 4.79 Å². The molecular formula is C18H18Br2ClNO3. The first kappa shape index (κ1) is 20.1. The standard InChI is InChI=1S/C18H18Br2ClNO3/c1-2-22-14-6-12(5-13(21)9-14)10-25-18-15(19)7-11(8-16(18)20)3-4-17(23)24/h5-9,22H,2-4,10H2,1H3,(H,23,24). The molecule has 7 heteroatoms. The van der Waals surface area contributed by atoms with Crippen LogP contribution in [0.3, 0.4) is 0 Å². The van der Waals surface area contributed by atoms with E-state index >= 15 is 0 Å². The number of hydrogen-bond donors (Lipinski definition) is 2. The third-order valence-electron chi connectivity index (χ3n) is 3.41. The van der Waals surface area contributed by atoms with E-state index in [-0.39, 0.29) is 6.42 Å². The average Bonchev–Trinajstić information content (AvgIpc) is 2.52. The van der Waals surface area contributed by atoms with Crippen LogP contribution in [0.2, 0.25) is 5.02 Å². The zero-order valence-corrected chi connectivity index (χ0v) is 17.5. The average molecular weight is 492 g/mol. The van der Waals surface area contributed by atoms with Gasteiger partial charge in [0.15, 0.2) is 0 Å². The topological polar surface area (TPSA) is 58.6 Å². The molecular weight excluding hydrogens is 473 g/mol. The number of carboxylic acids is 1. The van der Waals surface area contributed by atoms with Crippen LogP contribution in [0, 0.1) is 0 Å². The maximum Gasteiger partial charge on any atom is 0.303 e. The molecule has 0 heterocycles. The Labute approximate surface area is 168 Å². The Kier molecular flexibility index (Phi) is 7.59. The Balaban J connectivity index is 2.11. The third-order valence-corrected chi connectivity index (χ3v) is 4.80. The van der Waals surface area contributed by atoms with Crippen molar-refractivity contribution in [2.45, 2.75) is 26.4 Å². The summed E-state index contributed by atoms with van der Waals surface area (Å²) in [6, 6.07) is 9.50. The van der Waals surface area contributed by atoms with Crippen LogP contribution in [-0.2, 0) is 17.8 Å². The monoisotopic (exact) mass is 489 g/mol. The van der Waals surface area contributed by atoms with Gasteiger partial charge in [0.1, 0.15) is 12.4 Å². The number of carbonyl (C=O) groups is 1. The van der Waals surface area contributed by atoms with E-state index in [0.29, 0.717) is 23.8 Å². The largest absolute Gasteiger partial charge is 0.487 e. The maximum absolute atomic E-state index is 10.7. The summed E-state index contributed by atoms with van der Waals surface area (Å²) in [4.78, 5) is 10.7. The number of hydrogen-bond acceptors (Lipinski definition) is 3. The number of nitrogens with one attached hydrogen (secondary N) is 1. The number of rotatable bonds is 8. The van der Waals surface area contributed by atoms with Crippen molar-refractivity contribution in [2.24, 2.45) is 0 Å². The van der Waals surface area contributed by atoms with Gasteiger partial charge in [0, 0.05) is 23.7 Å². The molecule has 0 radical (unpaired) electrons. The van der Waals surface area contributed by atoms with Gasteiger partial charge in [-0.25, -0.2) is 0 Å². The molecule has 2 rings (SSSR count). The Bertz CT molecular complexity index is 745. The fourth-order valence-corrected chi connectivity index (χ4v) is 4.11. The minimum atomic E-state index is -0.815. The highest BCUT2D eigenvalue weighted by molar-refractivity contribution is 9.11. The predicted octanol–water partition coefficient (Wildman–Crippen LogP) is 5.89. The first-order valence-electron chi connectivity index (χ1n) is 7.75. The molecule has 2 aromatic carbocycles. The predicted molar refractivity (Wildman–Crippen MR) is 108 cm³/mol. The Morgan fingerprint density at radius 1 is 1.16 bits per heavy atom. The molecule has 0 aliphatic rings. The van der Waals surface area contributed by atoms with Gasteiger partial charge in [-0.15, -0.1) is 0 Å². The summed E-state index contributed by atoms with van der Waals surface area (Å²) in [6.07, 6.45) is 0.557. The van der Waals surface area contributed by atoms with Crippen LogP contribution in [0.25, 0.3) is 0 Å². The highest BCUT2D eigenvalue weighted by Gasteiger charge is 2.11. The van der Waals surface area contributed by atoms with Crippen LogP contribution >= 0.6 is 43.5 Å². The number of carboxylic acid groups (broad SMARTS) is 1. The van der Waals surface area contributed by atoms with Gasteiger partial charge >= 0.3 is 5.97 Å². The van der Waals surface area contributed by atoms with E-state index in [0.717, 1.165) is 32.3 Å². The van der Waals surface area contributed by atoms with Crippen LogP contribution < -0.4 is 10.1 Å². The Hall–Kier alpha value is -1.24. The first-order chi connectivity index (χ1) is 11.9. The first-order valence-corrected chi connectivity index (χ1v) is 9.71. The Morgan fingerprint density at radius 3 is 2.44 bits per heavy atom. The van der Waals surface area contributed by atoms with E-state index in [1.54, 1.807) is 0 Å². The molecule has 0 amide bonds. The summed E-state index contributed by atoms with van der Waals surface area (Å²) in [6.45, 7) is 3.21. The van der Waals surface area contributed by atoms with Crippen LogP contribution in [0.5, 0.6) is 5.75 Å². The molecule has 134 valence electrons. The summed E-state index contributed by atoms with van der Waals surface area (Å²) >= 11 is 13.1. The number of aryl methyl sites for hydroxylation is 1. The molecule has 0 bridgehead atoms. The second-order valence-electron chi connectivity index (χ2n) is 5.45. The van der Waals surface area contributed by atoms with E-state index in [1.807, 2.05) is 37.3 Å². The van der Waals surface area contributed by atoms with Crippen LogP contribution in [0.1, 0.15) is 24.5 Å². The normalized spacial score (nSPS) is 10.6. The van der Waals surface area contributed by atoms with Crippen molar-refractivity contribution in [3.63, 3.8) is 0 Å². The summed E-state index contributed by atoms with van der Waals surface area (Å²) < 4.78 is 7.47. The molecule has 2 N–H and O–H groups in total. The van der Waals surface area contributed by atoms with E-state index < -0.39 is 5.97 Å². The molecule has 2 aromatic rings. The molecule has 0 saturated carbocycles. The van der Waals surface area contributed by atoms with Gasteiger partial charge in [-0.3, -0.25) is 4.79 Å². The lowest BCUT2D eigenvalue weighted by Gasteiger charge is -2.13. The number of halogens is 3. The second kappa shape index (κ2) is 9.46. The minimum absolute atomic E-state index is 0.0921. The molecule has 0 atom stereocenters. The highest BCUT2D eigenvalue weighted by atomic mass is 79.9. The molecule has 0 spiro atoms. The van der Waals surface area contributed by atoms with Crippen molar-refractivity contribution in [1.82, 2.24) is 0 Å². The molecule has 0 aromatic heterocycles. The molecule has 0 saturated heterocycles. The van der Waals surface area contributed by atoms with Gasteiger partial charge in [-0.1, -0.05) is 11.6 Å². The minimum Gasteiger partial charge on any atom is -0.487 e. The lowest BCUT2D eigenvalue weighted by Crippen LogP contribution is -2.01. The molecule has 0 fully saturated rings. The Morgan fingerprint density at radius 2 is 1.84 bits per heavy atom. The second-order valence-corrected chi connectivity index (χ2v) is 7.59. The van der Waals surface area contributed by atoms with Crippen molar-refractivity contribution in [2.75, 3.05) is 11.9 Å². The molecule has 25 heavy (non-hydrogen) atoms. The quantitative estimate of drug-likeness (QED) is 0.483. The molecule has 0 aliphatic heterocycles. The lowest BCUT2D eigenvalue weighted by atomic mass is 10.1. The SMILES string of the molecule is CCNc1cc(Cl)cc(COc2c(Br)cc(CCC(=O)O)cc2Br)c1. The zero-order valence-electron chi connectivity index (χ0n) is 13.6. The lowest BCUT2D eigenvalue weighted by molar-refractivity contribution is -0.136. The van der Waals surface area contributed by atoms with Gasteiger partial charge in [-0.05, 0) is 86.7 Å². The van der Waals surface area contributed by atoms with Gasteiger partial charge in [-0.2, -0.15) is 0 Å². The summed E-state index contributed by atoms with van der Waals surface area (Å²) in [5, 5.41) is 12.7.